The number of nitrogens with two attached hydrogens (primary N) is 1. The minimum atomic E-state index is 0.697. The highest BCUT2D eigenvalue weighted by Crippen LogP contribution is 2.23. The number of aromatic nitrogens is 1. The van der Waals surface area contributed by atoms with Gasteiger partial charge in [0.25, 0.3) is 0 Å². The molecule has 4 aromatic rings. The van der Waals surface area contributed by atoms with Gasteiger partial charge in [0.2, 0.25) is 0 Å². The molecule has 0 aliphatic rings. The Kier molecular flexibility index (Phi) is 3.68. The molecular weight excluding hydrogens is 316 g/mol. The van der Waals surface area contributed by atoms with E-state index in [-0.39, 0.29) is 0 Å². The molecule has 0 fully saturated rings. The van der Waals surface area contributed by atoms with Gasteiger partial charge in [-0.15, -0.1) is 0 Å². The summed E-state index contributed by atoms with van der Waals surface area (Å²) in [6.45, 7) is 0. The van der Waals surface area contributed by atoms with Gasteiger partial charge in [-0.3, -0.25) is 0 Å². The first kappa shape index (κ1) is 14.7. The van der Waals surface area contributed by atoms with E-state index in [9.17, 15) is 0 Å². The normalized spacial score (nSPS) is 11.5. The second-order valence-electron chi connectivity index (χ2n) is 5.73. The van der Waals surface area contributed by atoms with Crippen molar-refractivity contribution in [1.29, 1.82) is 0 Å². The first-order valence-electron chi connectivity index (χ1n) is 7.72. The minimum Gasteiger partial charge on any atom is -0.399 e. The van der Waals surface area contributed by atoms with E-state index >= 15 is 0 Å². The first-order valence-corrected chi connectivity index (χ1v) is 8.09. The van der Waals surface area contributed by atoms with Gasteiger partial charge in [0.05, 0.1) is 11.2 Å². The fourth-order valence-corrected chi connectivity index (χ4v) is 3.01. The van der Waals surface area contributed by atoms with E-state index in [4.69, 9.17) is 17.3 Å². The van der Waals surface area contributed by atoms with Gasteiger partial charge in [0, 0.05) is 16.1 Å². The highest BCUT2D eigenvalue weighted by molar-refractivity contribution is 6.31. The molecule has 0 saturated heterocycles. The largest absolute Gasteiger partial charge is 0.399 e. The lowest BCUT2D eigenvalue weighted by atomic mass is 10.0. The summed E-state index contributed by atoms with van der Waals surface area (Å²) in [5.41, 5.74) is 9.58. The van der Waals surface area contributed by atoms with Crippen molar-refractivity contribution >= 4 is 51.1 Å². The van der Waals surface area contributed by atoms with Crippen LogP contribution in [0.3, 0.4) is 0 Å². The van der Waals surface area contributed by atoms with E-state index in [1.165, 1.54) is 5.39 Å². The Morgan fingerprint density at radius 1 is 0.833 bits per heavy atom. The minimum absolute atomic E-state index is 0.697. The lowest BCUT2D eigenvalue weighted by molar-refractivity contribution is 1.37. The molecule has 0 saturated carbocycles. The molecule has 3 aromatic carbocycles. The Labute approximate surface area is 145 Å². The van der Waals surface area contributed by atoms with Crippen molar-refractivity contribution in [1.82, 2.24) is 4.98 Å². The standard InChI is InChI=1S/C21H15ClN2/c22-17-7-4-15-6-10-19(24-21(15)13-17)9-5-14-2-1-3-16-12-18(23)8-11-20(14)16/h1-13H,23H2/b9-5+. The Bertz CT molecular complexity index is 1080. The van der Waals surface area contributed by atoms with Crippen molar-refractivity contribution in [3.05, 3.63) is 83.0 Å². The SMILES string of the molecule is Nc1ccc2c(/C=C/c3ccc4ccc(Cl)cc4n3)cccc2c1. The van der Waals surface area contributed by atoms with Crippen molar-refractivity contribution in [2.24, 2.45) is 0 Å². The molecule has 2 N–H and O–H groups in total. The van der Waals surface area contributed by atoms with E-state index in [2.05, 4.69) is 35.3 Å². The molecule has 116 valence electrons. The smallest absolute Gasteiger partial charge is 0.0724 e. The van der Waals surface area contributed by atoms with Gasteiger partial charge in [0.15, 0.2) is 0 Å². The maximum atomic E-state index is 6.05. The van der Waals surface area contributed by atoms with Gasteiger partial charge in [-0.05, 0) is 52.7 Å². The predicted octanol–water partition coefficient (Wildman–Crippen LogP) is 5.79. The summed E-state index contributed by atoms with van der Waals surface area (Å²) in [5, 5.41) is 4.09. The van der Waals surface area contributed by atoms with Crippen molar-refractivity contribution in [2.75, 3.05) is 5.73 Å². The van der Waals surface area contributed by atoms with Crippen LogP contribution in [0.5, 0.6) is 0 Å². The van der Waals surface area contributed by atoms with E-state index in [1.807, 2.05) is 48.5 Å². The molecule has 0 bridgehead atoms. The zero-order valence-corrected chi connectivity index (χ0v) is 13.7. The number of fused-ring (bicyclic) bond motifs is 2. The Morgan fingerprint density at radius 2 is 1.71 bits per heavy atom. The average Bonchev–Trinajstić information content (AvgIpc) is 2.59. The summed E-state index contributed by atoms with van der Waals surface area (Å²) in [5.74, 6) is 0. The first-order chi connectivity index (χ1) is 11.7. The third kappa shape index (κ3) is 2.84. The van der Waals surface area contributed by atoms with Crippen LogP contribution in [0.2, 0.25) is 5.02 Å². The summed E-state index contributed by atoms with van der Waals surface area (Å²) in [4.78, 5) is 4.65. The van der Waals surface area contributed by atoms with Gasteiger partial charge >= 0.3 is 0 Å². The number of benzene rings is 3. The number of hydrogen-bond donors (Lipinski definition) is 1. The lowest BCUT2D eigenvalue weighted by Crippen LogP contribution is -1.86. The molecule has 0 aliphatic heterocycles. The fraction of sp³-hybridized carbons (Fsp3) is 0. The number of pyridine rings is 1. The van der Waals surface area contributed by atoms with Crippen molar-refractivity contribution in [3.63, 3.8) is 0 Å². The fourth-order valence-electron chi connectivity index (χ4n) is 2.85. The quantitative estimate of drug-likeness (QED) is 0.472. The van der Waals surface area contributed by atoms with Gasteiger partial charge in [-0.2, -0.15) is 0 Å². The van der Waals surface area contributed by atoms with Crippen LogP contribution in [-0.2, 0) is 0 Å². The molecule has 1 heterocycles. The lowest BCUT2D eigenvalue weighted by Gasteiger charge is -2.04. The monoisotopic (exact) mass is 330 g/mol. The van der Waals surface area contributed by atoms with Gasteiger partial charge in [0.1, 0.15) is 0 Å². The number of nitrogen functional groups attached to an aromatic ring is 1. The second-order valence-corrected chi connectivity index (χ2v) is 6.17. The highest BCUT2D eigenvalue weighted by Gasteiger charge is 2.00. The van der Waals surface area contributed by atoms with Gasteiger partial charge in [-0.1, -0.05) is 54.1 Å². The Morgan fingerprint density at radius 3 is 2.62 bits per heavy atom. The molecule has 2 nitrogen and oxygen atoms in total. The van der Waals surface area contributed by atoms with Crippen LogP contribution in [0.4, 0.5) is 5.69 Å². The van der Waals surface area contributed by atoms with Crippen LogP contribution in [0.25, 0.3) is 33.8 Å². The molecule has 24 heavy (non-hydrogen) atoms. The van der Waals surface area contributed by atoms with Crippen molar-refractivity contribution in [2.45, 2.75) is 0 Å². The maximum Gasteiger partial charge on any atom is 0.0724 e. The Balaban J connectivity index is 1.75. The highest BCUT2D eigenvalue weighted by atomic mass is 35.5. The number of hydrogen-bond acceptors (Lipinski definition) is 2. The molecule has 0 radical (unpaired) electrons. The number of halogens is 1. The predicted molar refractivity (Wildman–Crippen MR) is 104 cm³/mol. The third-order valence-electron chi connectivity index (χ3n) is 4.05. The maximum absolute atomic E-state index is 6.05. The average molecular weight is 331 g/mol. The van der Waals surface area contributed by atoms with Crippen LogP contribution in [-0.4, -0.2) is 4.98 Å². The van der Waals surface area contributed by atoms with E-state index in [0.29, 0.717) is 5.02 Å². The molecule has 0 atom stereocenters. The molecule has 1 aromatic heterocycles. The van der Waals surface area contributed by atoms with Gasteiger partial charge < -0.3 is 5.73 Å². The van der Waals surface area contributed by atoms with Crippen molar-refractivity contribution in [3.8, 4) is 0 Å². The summed E-state index contributed by atoms with van der Waals surface area (Å²) < 4.78 is 0. The number of anilines is 1. The third-order valence-corrected chi connectivity index (χ3v) is 4.28. The van der Waals surface area contributed by atoms with Crippen molar-refractivity contribution < 1.29 is 0 Å². The summed E-state index contributed by atoms with van der Waals surface area (Å²) in [6, 6.07) is 22.0. The summed E-state index contributed by atoms with van der Waals surface area (Å²) in [6.07, 6.45) is 4.10. The number of nitrogens with zero attached hydrogens (tertiary/aromatic N) is 1. The van der Waals surface area contributed by atoms with Crippen LogP contribution in [0, 0.1) is 0 Å². The van der Waals surface area contributed by atoms with E-state index in [0.717, 1.165) is 33.2 Å². The second kappa shape index (κ2) is 5.99. The van der Waals surface area contributed by atoms with Crippen LogP contribution in [0.15, 0.2) is 66.7 Å². The van der Waals surface area contributed by atoms with Gasteiger partial charge in [-0.25, -0.2) is 4.98 Å². The molecule has 0 amide bonds. The molecule has 0 spiro atoms. The summed E-state index contributed by atoms with van der Waals surface area (Å²) in [7, 11) is 0. The van der Waals surface area contributed by atoms with Crippen LogP contribution < -0.4 is 5.73 Å². The summed E-state index contributed by atoms with van der Waals surface area (Å²) >= 11 is 6.05. The van der Waals surface area contributed by atoms with Crippen LogP contribution >= 0.6 is 11.6 Å². The molecular formula is C21H15ClN2. The van der Waals surface area contributed by atoms with Crippen LogP contribution in [0.1, 0.15) is 11.3 Å². The zero-order valence-electron chi connectivity index (χ0n) is 12.9. The molecule has 0 unspecified atom stereocenters. The molecule has 4 rings (SSSR count). The molecule has 3 heteroatoms. The number of rotatable bonds is 2. The van der Waals surface area contributed by atoms with E-state index in [1.54, 1.807) is 0 Å². The topological polar surface area (TPSA) is 38.9 Å². The van der Waals surface area contributed by atoms with E-state index < -0.39 is 0 Å². The molecule has 0 aliphatic carbocycles. The zero-order chi connectivity index (χ0) is 16.5. The Hall–Kier alpha value is -2.84.